The standard InChI is InChI=1S/C12H18N2/c1-10(7-14-12-8-13-9-12)11-5-3-2-4-6-11/h2-6,10,12-14H,7-9H2,1H3. The Morgan fingerprint density at radius 1 is 1.36 bits per heavy atom. The Balaban J connectivity index is 1.80. The lowest BCUT2D eigenvalue weighted by Gasteiger charge is -2.29. The van der Waals surface area contributed by atoms with Crippen molar-refractivity contribution in [2.45, 2.75) is 18.9 Å². The Kier molecular flexibility index (Phi) is 3.17. The van der Waals surface area contributed by atoms with Crippen LogP contribution >= 0.6 is 0 Å². The van der Waals surface area contributed by atoms with E-state index in [0.29, 0.717) is 12.0 Å². The summed E-state index contributed by atoms with van der Waals surface area (Å²) in [5.41, 5.74) is 1.42. The minimum Gasteiger partial charge on any atom is -0.314 e. The predicted octanol–water partition coefficient (Wildman–Crippen LogP) is 1.35. The van der Waals surface area contributed by atoms with Gasteiger partial charge in [-0.3, -0.25) is 0 Å². The Hall–Kier alpha value is -0.860. The molecule has 0 radical (unpaired) electrons. The van der Waals surface area contributed by atoms with Crippen molar-refractivity contribution in [2.75, 3.05) is 19.6 Å². The number of hydrogen-bond acceptors (Lipinski definition) is 2. The molecule has 1 aliphatic heterocycles. The van der Waals surface area contributed by atoms with E-state index >= 15 is 0 Å². The molecule has 2 rings (SSSR count). The molecule has 1 heterocycles. The van der Waals surface area contributed by atoms with Crippen LogP contribution in [0.1, 0.15) is 18.4 Å². The molecule has 0 bridgehead atoms. The van der Waals surface area contributed by atoms with E-state index in [-0.39, 0.29) is 0 Å². The topological polar surface area (TPSA) is 24.1 Å². The molecule has 1 fully saturated rings. The van der Waals surface area contributed by atoms with Gasteiger partial charge in [-0.25, -0.2) is 0 Å². The van der Waals surface area contributed by atoms with Crippen LogP contribution in [0.15, 0.2) is 30.3 Å². The summed E-state index contributed by atoms with van der Waals surface area (Å²) >= 11 is 0. The lowest BCUT2D eigenvalue weighted by Crippen LogP contribution is -2.55. The first-order valence-electron chi connectivity index (χ1n) is 5.35. The van der Waals surface area contributed by atoms with Gasteiger partial charge in [0.2, 0.25) is 0 Å². The van der Waals surface area contributed by atoms with Crippen molar-refractivity contribution in [2.24, 2.45) is 0 Å². The van der Waals surface area contributed by atoms with Crippen LogP contribution in [0.2, 0.25) is 0 Å². The van der Waals surface area contributed by atoms with Gasteiger partial charge in [0.1, 0.15) is 0 Å². The smallest absolute Gasteiger partial charge is 0.0317 e. The summed E-state index contributed by atoms with van der Waals surface area (Å²) in [5.74, 6) is 0.608. The van der Waals surface area contributed by atoms with E-state index in [1.165, 1.54) is 5.56 Å². The van der Waals surface area contributed by atoms with Crippen molar-refractivity contribution in [3.8, 4) is 0 Å². The van der Waals surface area contributed by atoms with E-state index in [1.54, 1.807) is 0 Å². The van der Waals surface area contributed by atoms with Crippen molar-refractivity contribution < 1.29 is 0 Å². The average molecular weight is 190 g/mol. The summed E-state index contributed by atoms with van der Waals surface area (Å²) in [6.07, 6.45) is 0. The quantitative estimate of drug-likeness (QED) is 0.749. The molecular formula is C12H18N2. The van der Waals surface area contributed by atoms with Crippen molar-refractivity contribution in [3.63, 3.8) is 0 Å². The summed E-state index contributed by atoms with van der Waals surface area (Å²) in [6.45, 7) is 5.60. The monoisotopic (exact) mass is 190 g/mol. The molecule has 14 heavy (non-hydrogen) atoms. The zero-order valence-electron chi connectivity index (χ0n) is 8.66. The summed E-state index contributed by atoms with van der Waals surface area (Å²) < 4.78 is 0. The largest absolute Gasteiger partial charge is 0.314 e. The van der Waals surface area contributed by atoms with Gasteiger partial charge in [0.25, 0.3) is 0 Å². The lowest BCUT2D eigenvalue weighted by atomic mass is 10.0. The van der Waals surface area contributed by atoms with Gasteiger partial charge >= 0.3 is 0 Å². The third kappa shape index (κ3) is 2.34. The molecule has 0 amide bonds. The van der Waals surface area contributed by atoms with Gasteiger partial charge in [-0.2, -0.15) is 0 Å². The zero-order chi connectivity index (χ0) is 9.80. The Morgan fingerprint density at radius 2 is 2.07 bits per heavy atom. The van der Waals surface area contributed by atoms with Crippen LogP contribution in [-0.2, 0) is 0 Å². The highest BCUT2D eigenvalue weighted by molar-refractivity contribution is 5.19. The number of nitrogens with one attached hydrogen (secondary N) is 2. The van der Waals surface area contributed by atoms with Crippen LogP contribution in [0.3, 0.4) is 0 Å². The van der Waals surface area contributed by atoms with E-state index < -0.39 is 0 Å². The second-order valence-electron chi connectivity index (χ2n) is 4.08. The maximum absolute atomic E-state index is 3.55. The molecule has 1 saturated heterocycles. The maximum Gasteiger partial charge on any atom is 0.0317 e. The fourth-order valence-corrected chi connectivity index (χ4v) is 1.68. The highest BCUT2D eigenvalue weighted by Crippen LogP contribution is 2.13. The van der Waals surface area contributed by atoms with E-state index in [9.17, 15) is 0 Å². The van der Waals surface area contributed by atoms with Crippen molar-refractivity contribution in [3.05, 3.63) is 35.9 Å². The zero-order valence-corrected chi connectivity index (χ0v) is 8.66. The molecule has 2 nitrogen and oxygen atoms in total. The van der Waals surface area contributed by atoms with E-state index in [1.807, 2.05) is 0 Å². The Labute approximate surface area is 85.7 Å². The summed E-state index contributed by atoms with van der Waals surface area (Å²) in [4.78, 5) is 0. The first-order chi connectivity index (χ1) is 6.86. The molecule has 1 aromatic carbocycles. The molecule has 1 aliphatic rings. The Morgan fingerprint density at radius 3 is 2.64 bits per heavy atom. The van der Waals surface area contributed by atoms with Crippen LogP contribution in [0.5, 0.6) is 0 Å². The molecule has 0 aliphatic carbocycles. The van der Waals surface area contributed by atoms with Gasteiger partial charge in [0.15, 0.2) is 0 Å². The van der Waals surface area contributed by atoms with Crippen molar-refractivity contribution in [1.29, 1.82) is 0 Å². The van der Waals surface area contributed by atoms with Crippen LogP contribution in [-0.4, -0.2) is 25.7 Å². The average Bonchev–Trinajstić information content (AvgIpc) is 2.16. The second-order valence-corrected chi connectivity index (χ2v) is 4.08. The highest BCUT2D eigenvalue weighted by Gasteiger charge is 2.16. The predicted molar refractivity (Wildman–Crippen MR) is 59.5 cm³/mol. The maximum atomic E-state index is 3.55. The molecule has 2 N–H and O–H groups in total. The van der Waals surface area contributed by atoms with Gasteiger partial charge in [-0.05, 0) is 11.5 Å². The fourth-order valence-electron chi connectivity index (χ4n) is 1.68. The minimum atomic E-state index is 0.608. The second kappa shape index (κ2) is 4.58. The van der Waals surface area contributed by atoms with Crippen molar-refractivity contribution >= 4 is 0 Å². The summed E-state index contributed by atoms with van der Waals surface area (Å²) in [5, 5.41) is 6.82. The molecule has 1 unspecified atom stereocenters. The van der Waals surface area contributed by atoms with Crippen LogP contribution < -0.4 is 10.6 Å². The van der Waals surface area contributed by atoms with Gasteiger partial charge in [0, 0.05) is 25.7 Å². The molecule has 1 aromatic rings. The molecule has 76 valence electrons. The van der Waals surface area contributed by atoms with Gasteiger partial charge < -0.3 is 10.6 Å². The first-order valence-corrected chi connectivity index (χ1v) is 5.35. The van der Waals surface area contributed by atoms with Gasteiger partial charge in [0.05, 0.1) is 0 Å². The number of benzene rings is 1. The fraction of sp³-hybridized carbons (Fsp3) is 0.500. The highest BCUT2D eigenvalue weighted by atomic mass is 15.1. The molecular weight excluding hydrogens is 172 g/mol. The summed E-state index contributed by atoms with van der Waals surface area (Å²) in [7, 11) is 0. The SMILES string of the molecule is CC(CNC1CNC1)c1ccccc1. The van der Waals surface area contributed by atoms with E-state index in [0.717, 1.165) is 19.6 Å². The van der Waals surface area contributed by atoms with Crippen LogP contribution in [0, 0.1) is 0 Å². The molecule has 2 heteroatoms. The van der Waals surface area contributed by atoms with Crippen LogP contribution in [0.25, 0.3) is 0 Å². The normalized spacial score (nSPS) is 18.9. The number of hydrogen-bond donors (Lipinski definition) is 2. The third-order valence-electron chi connectivity index (χ3n) is 2.86. The van der Waals surface area contributed by atoms with Crippen LogP contribution in [0.4, 0.5) is 0 Å². The van der Waals surface area contributed by atoms with Gasteiger partial charge in [-0.15, -0.1) is 0 Å². The third-order valence-corrected chi connectivity index (χ3v) is 2.86. The lowest BCUT2D eigenvalue weighted by molar-refractivity contribution is 0.360. The molecule has 0 spiro atoms. The Bertz CT molecular complexity index is 267. The number of rotatable bonds is 4. The van der Waals surface area contributed by atoms with E-state index in [2.05, 4.69) is 47.9 Å². The molecule has 0 saturated carbocycles. The first kappa shape index (κ1) is 9.69. The molecule has 1 atom stereocenters. The van der Waals surface area contributed by atoms with Crippen molar-refractivity contribution in [1.82, 2.24) is 10.6 Å². The minimum absolute atomic E-state index is 0.608. The summed E-state index contributed by atoms with van der Waals surface area (Å²) in [6, 6.07) is 11.4. The molecule has 0 aromatic heterocycles. The van der Waals surface area contributed by atoms with Gasteiger partial charge in [-0.1, -0.05) is 37.3 Å². The van der Waals surface area contributed by atoms with E-state index in [4.69, 9.17) is 0 Å².